The smallest absolute Gasteiger partial charge is 0.327 e. The van der Waals surface area contributed by atoms with E-state index < -0.39 is 0 Å². The summed E-state index contributed by atoms with van der Waals surface area (Å²) in [6, 6.07) is 7.55. The van der Waals surface area contributed by atoms with Crippen molar-refractivity contribution in [1.82, 2.24) is 0 Å². The Morgan fingerprint density at radius 2 is 1.87 bits per heavy atom. The second kappa shape index (κ2) is 6.30. The number of ether oxygens (including phenoxy) is 1. The molecule has 15 heavy (non-hydrogen) atoms. The van der Waals surface area contributed by atoms with E-state index in [1.165, 1.54) is 12.7 Å². The number of carbonyl (C=O) groups is 1. The number of methoxy groups -OCH3 is 1. The predicted molar refractivity (Wildman–Crippen MR) is 63.5 cm³/mol. The molecule has 0 heterocycles. The van der Waals surface area contributed by atoms with Crippen molar-refractivity contribution >= 4 is 24.1 Å². The molecule has 0 bridgehead atoms. The Bertz CT molecular complexity index is 311. The lowest BCUT2D eigenvalue weighted by molar-refractivity contribution is -0.141. The van der Waals surface area contributed by atoms with Gasteiger partial charge in [0.2, 0.25) is 0 Å². The zero-order valence-electron chi connectivity index (χ0n) is 9.11. The summed E-state index contributed by atoms with van der Waals surface area (Å²) in [5.74, 6) is -0.259. The van der Waals surface area contributed by atoms with Gasteiger partial charge in [-0.05, 0) is 26.0 Å². The first kappa shape index (κ1) is 13.8. The van der Waals surface area contributed by atoms with Gasteiger partial charge in [-0.3, -0.25) is 0 Å². The van der Waals surface area contributed by atoms with Gasteiger partial charge >= 0.3 is 5.97 Å². The van der Waals surface area contributed by atoms with E-state index in [0.717, 1.165) is 5.69 Å². The summed E-state index contributed by atoms with van der Waals surface area (Å²) in [5, 5.41) is 3.05. The summed E-state index contributed by atoms with van der Waals surface area (Å²) in [5.41, 5.74) is 2.12. The van der Waals surface area contributed by atoms with E-state index in [2.05, 4.69) is 10.1 Å². The number of rotatable bonds is 3. The summed E-state index contributed by atoms with van der Waals surface area (Å²) >= 11 is 0. The Labute approximate surface area is 96.2 Å². The van der Waals surface area contributed by atoms with Crippen molar-refractivity contribution < 1.29 is 9.53 Å². The van der Waals surface area contributed by atoms with Crippen LogP contribution in [0.15, 0.2) is 24.3 Å². The number of anilines is 1. The molecule has 1 rings (SSSR count). The van der Waals surface area contributed by atoms with Gasteiger partial charge in [-0.2, -0.15) is 0 Å². The number of hydrogen-bond acceptors (Lipinski definition) is 3. The molecule has 1 N–H and O–H groups in total. The lowest BCUT2D eigenvalue weighted by Gasteiger charge is -2.12. The average molecular weight is 230 g/mol. The summed E-state index contributed by atoms with van der Waals surface area (Å²) in [6.07, 6.45) is 0. The van der Waals surface area contributed by atoms with Gasteiger partial charge in [0, 0.05) is 5.69 Å². The second-order valence-corrected chi connectivity index (χ2v) is 3.26. The molecule has 0 saturated heterocycles. The maximum absolute atomic E-state index is 11.1. The van der Waals surface area contributed by atoms with Crippen LogP contribution >= 0.6 is 12.4 Å². The Morgan fingerprint density at radius 3 is 2.33 bits per heavy atom. The van der Waals surface area contributed by atoms with E-state index in [0.29, 0.717) is 0 Å². The van der Waals surface area contributed by atoms with Crippen molar-refractivity contribution in [2.45, 2.75) is 19.9 Å². The Hall–Kier alpha value is -1.22. The van der Waals surface area contributed by atoms with Crippen LogP contribution in [-0.4, -0.2) is 19.1 Å². The van der Waals surface area contributed by atoms with E-state index >= 15 is 0 Å². The van der Waals surface area contributed by atoms with Crippen LogP contribution in [0.1, 0.15) is 12.5 Å². The highest BCUT2D eigenvalue weighted by atomic mass is 35.5. The third-order valence-electron chi connectivity index (χ3n) is 1.99. The van der Waals surface area contributed by atoms with Crippen LogP contribution in [0.4, 0.5) is 5.69 Å². The number of nitrogens with one attached hydrogen (secondary N) is 1. The van der Waals surface area contributed by atoms with Crippen molar-refractivity contribution in [1.29, 1.82) is 0 Å². The van der Waals surface area contributed by atoms with Crippen molar-refractivity contribution in [2.75, 3.05) is 12.4 Å². The fourth-order valence-electron chi connectivity index (χ4n) is 1.14. The zero-order chi connectivity index (χ0) is 10.6. The number of carbonyl (C=O) groups excluding carboxylic acids is 1. The van der Waals surface area contributed by atoms with Crippen molar-refractivity contribution in [3.63, 3.8) is 0 Å². The number of benzene rings is 1. The van der Waals surface area contributed by atoms with E-state index in [1.807, 2.05) is 31.2 Å². The quantitative estimate of drug-likeness (QED) is 0.809. The molecule has 0 fully saturated rings. The first-order valence-corrected chi connectivity index (χ1v) is 4.54. The molecule has 0 aromatic heterocycles. The van der Waals surface area contributed by atoms with Crippen LogP contribution in [0.3, 0.4) is 0 Å². The average Bonchev–Trinajstić information content (AvgIpc) is 2.20. The van der Waals surface area contributed by atoms with Gasteiger partial charge in [-0.1, -0.05) is 17.7 Å². The minimum atomic E-state index is -0.317. The molecule has 1 aromatic rings. The van der Waals surface area contributed by atoms with Crippen molar-refractivity contribution in [2.24, 2.45) is 0 Å². The molecular formula is C11H16ClNO2. The SMILES string of the molecule is COC(=O)[C@@H](C)Nc1ccc(C)cc1.Cl. The maximum atomic E-state index is 11.1. The molecule has 84 valence electrons. The lowest BCUT2D eigenvalue weighted by Crippen LogP contribution is -2.27. The summed E-state index contributed by atoms with van der Waals surface area (Å²) < 4.78 is 4.61. The monoisotopic (exact) mass is 229 g/mol. The molecule has 0 amide bonds. The summed E-state index contributed by atoms with van der Waals surface area (Å²) in [6.45, 7) is 3.79. The molecule has 3 nitrogen and oxygen atoms in total. The molecule has 0 aliphatic carbocycles. The third kappa shape index (κ3) is 4.21. The van der Waals surface area contributed by atoms with Crippen LogP contribution in [-0.2, 0) is 9.53 Å². The van der Waals surface area contributed by atoms with E-state index in [4.69, 9.17) is 0 Å². The van der Waals surface area contributed by atoms with Crippen LogP contribution in [0.2, 0.25) is 0 Å². The molecule has 0 radical (unpaired) electrons. The van der Waals surface area contributed by atoms with Gasteiger partial charge in [0.1, 0.15) is 6.04 Å². The van der Waals surface area contributed by atoms with E-state index in [9.17, 15) is 4.79 Å². The molecule has 0 aliphatic rings. The van der Waals surface area contributed by atoms with Gasteiger partial charge in [-0.25, -0.2) is 4.79 Å². The predicted octanol–water partition coefficient (Wildman–Crippen LogP) is 2.39. The van der Waals surface area contributed by atoms with Crippen molar-refractivity contribution in [3.8, 4) is 0 Å². The zero-order valence-corrected chi connectivity index (χ0v) is 9.93. The van der Waals surface area contributed by atoms with Gasteiger partial charge in [0.25, 0.3) is 0 Å². The highest BCUT2D eigenvalue weighted by Crippen LogP contribution is 2.10. The fraction of sp³-hybridized carbons (Fsp3) is 0.364. The van der Waals surface area contributed by atoms with Crippen LogP contribution in [0.25, 0.3) is 0 Å². The number of aryl methyl sites for hydroxylation is 1. The van der Waals surface area contributed by atoms with Gasteiger partial charge in [0.15, 0.2) is 0 Å². The second-order valence-electron chi connectivity index (χ2n) is 3.26. The van der Waals surface area contributed by atoms with Crippen LogP contribution in [0, 0.1) is 6.92 Å². The first-order chi connectivity index (χ1) is 6.63. The molecule has 0 saturated carbocycles. The molecule has 0 unspecified atom stereocenters. The Balaban J connectivity index is 0.00000196. The lowest BCUT2D eigenvalue weighted by atomic mass is 10.2. The normalized spacial score (nSPS) is 11.1. The largest absolute Gasteiger partial charge is 0.467 e. The summed E-state index contributed by atoms with van der Waals surface area (Å²) in [7, 11) is 1.38. The van der Waals surface area contributed by atoms with Gasteiger partial charge in [0.05, 0.1) is 7.11 Å². The summed E-state index contributed by atoms with van der Waals surface area (Å²) in [4.78, 5) is 11.1. The standard InChI is InChI=1S/C11H15NO2.ClH/c1-8-4-6-10(7-5-8)12-9(2)11(13)14-3;/h4-7,9,12H,1-3H3;1H/t9-;/m1./s1. The van der Waals surface area contributed by atoms with Crippen LogP contribution < -0.4 is 5.32 Å². The highest BCUT2D eigenvalue weighted by molar-refractivity contribution is 5.85. The minimum absolute atomic E-state index is 0. The maximum Gasteiger partial charge on any atom is 0.327 e. The topological polar surface area (TPSA) is 38.3 Å². The first-order valence-electron chi connectivity index (χ1n) is 4.54. The molecule has 1 atom stereocenters. The Morgan fingerprint density at radius 1 is 1.33 bits per heavy atom. The molecular weight excluding hydrogens is 214 g/mol. The third-order valence-corrected chi connectivity index (χ3v) is 1.99. The number of esters is 1. The number of hydrogen-bond donors (Lipinski definition) is 1. The molecule has 0 spiro atoms. The van der Waals surface area contributed by atoms with Crippen molar-refractivity contribution in [3.05, 3.63) is 29.8 Å². The Kier molecular flexibility index (Phi) is 5.79. The molecule has 0 aliphatic heterocycles. The molecule has 1 aromatic carbocycles. The van der Waals surface area contributed by atoms with E-state index in [1.54, 1.807) is 6.92 Å². The molecule has 4 heteroatoms. The minimum Gasteiger partial charge on any atom is -0.467 e. The fourth-order valence-corrected chi connectivity index (χ4v) is 1.14. The van der Waals surface area contributed by atoms with Gasteiger partial charge in [-0.15, -0.1) is 12.4 Å². The van der Waals surface area contributed by atoms with Crippen LogP contribution in [0.5, 0.6) is 0 Å². The van der Waals surface area contributed by atoms with E-state index in [-0.39, 0.29) is 24.4 Å². The number of halogens is 1. The van der Waals surface area contributed by atoms with Gasteiger partial charge < -0.3 is 10.1 Å². The highest BCUT2D eigenvalue weighted by Gasteiger charge is 2.11.